The number of rotatable bonds is 4. The lowest BCUT2D eigenvalue weighted by Crippen LogP contribution is -2.19. The molecule has 4 heteroatoms. The molecule has 0 saturated carbocycles. The van der Waals surface area contributed by atoms with Crippen LogP contribution in [0.15, 0.2) is 29.8 Å². The minimum Gasteiger partial charge on any atom is -0.312 e. The molecular weight excluding hydrogens is 235 g/mol. The van der Waals surface area contributed by atoms with Gasteiger partial charge in [-0.05, 0) is 32.0 Å². The van der Waals surface area contributed by atoms with Crippen LogP contribution >= 0.6 is 11.3 Å². The van der Waals surface area contributed by atoms with Gasteiger partial charge in [0.1, 0.15) is 5.82 Å². The number of hydrogen-bond donors (Lipinski definition) is 1. The molecule has 1 aromatic heterocycles. The highest BCUT2D eigenvalue weighted by Gasteiger charge is 2.16. The second kappa shape index (κ2) is 5.38. The zero-order valence-electron chi connectivity index (χ0n) is 9.90. The molecule has 1 unspecified atom stereocenters. The zero-order chi connectivity index (χ0) is 12.3. The Bertz CT molecular complexity index is 496. The number of likely N-dealkylation sites (N-methyl/N-ethyl adjacent to an activating group) is 1. The van der Waals surface area contributed by atoms with Crippen LogP contribution in [0.25, 0.3) is 0 Å². The third-order valence-electron chi connectivity index (χ3n) is 2.83. The van der Waals surface area contributed by atoms with Gasteiger partial charge in [0.15, 0.2) is 0 Å². The Hall–Kier alpha value is -1.26. The minimum atomic E-state index is -0.144. The Balaban J connectivity index is 2.22. The Morgan fingerprint density at radius 1 is 1.41 bits per heavy atom. The van der Waals surface area contributed by atoms with Gasteiger partial charge in [-0.3, -0.25) is 0 Å². The van der Waals surface area contributed by atoms with Crippen molar-refractivity contribution in [3.63, 3.8) is 0 Å². The highest BCUT2D eigenvalue weighted by molar-refractivity contribution is 7.09. The van der Waals surface area contributed by atoms with Gasteiger partial charge >= 0.3 is 0 Å². The van der Waals surface area contributed by atoms with E-state index in [4.69, 9.17) is 0 Å². The molecule has 0 spiro atoms. The summed E-state index contributed by atoms with van der Waals surface area (Å²) in [6.07, 6.45) is 0.645. The van der Waals surface area contributed by atoms with E-state index >= 15 is 0 Å². The molecule has 2 nitrogen and oxygen atoms in total. The highest BCUT2D eigenvalue weighted by Crippen LogP contribution is 2.25. The molecule has 0 amide bonds. The van der Waals surface area contributed by atoms with Crippen LogP contribution in [0.1, 0.15) is 22.2 Å². The van der Waals surface area contributed by atoms with Crippen LogP contribution in [0.4, 0.5) is 4.39 Å². The molecule has 2 rings (SSSR count). The van der Waals surface area contributed by atoms with Crippen molar-refractivity contribution in [3.8, 4) is 0 Å². The summed E-state index contributed by atoms with van der Waals surface area (Å²) < 4.78 is 13.6. The van der Waals surface area contributed by atoms with Crippen molar-refractivity contribution in [1.82, 2.24) is 10.3 Å². The first-order chi connectivity index (χ1) is 8.22. The molecule has 0 saturated heterocycles. The molecule has 17 heavy (non-hydrogen) atoms. The van der Waals surface area contributed by atoms with E-state index in [2.05, 4.69) is 10.3 Å². The Morgan fingerprint density at radius 2 is 2.18 bits per heavy atom. The van der Waals surface area contributed by atoms with Crippen molar-refractivity contribution in [2.75, 3.05) is 7.05 Å². The summed E-state index contributed by atoms with van der Waals surface area (Å²) in [7, 11) is 1.89. The summed E-state index contributed by atoms with van der Waals surface area (Å²) in [6.45, 7) is 1.98. The summed E-state index contributed by atoms with van der Waals surface area (Å²) >= 11 is 1.61. The van der Waals surface area contributed by atoms with E-state index in [0.717, 1.165) is 11.3 Å². The molecule has 0 bridgehead atoms. The Labute approximate surface area is 105 Å². The number of nitrogens with one attached hydrogen (secondary N) is 1. The maximum absolute atomic E-state index is 13.6. The van der Waals surface area contributed by atoms with Gasteiger partial charge in [-0.25, -0.2) is 9.37 Å². The van der Waals surface area contributed by atoms with Gasteiger partial charge in [-0.1, -0.05) is 18.2 Å². The number of nitrogens with zero attached hydrogens (tertiary/aromatic N) is 1. The predicted octanol–water partition coefficient (Wildman–Crippen LogP) is 3.09. The molecule has 1 N–H and O–H groups in total. The largest absolute Gasteiger partial charge is 0.312 e. The van der Waals surface area contributed by atoms with Crippen molar-refractivity contribution in [1.29, 1.82) is 0 Å². The molecule has 0 aliphatic heterocycles. The lowest BCUT2D eigenvalue weighted by atomic mass is 10.0. The first-order valence-electron chi connectivity index (χ1n) is 5.53. The zero-order valence-corrected chi connectivity index (χ0v) is 10.7. The number of halogens is 1. The topological polar surface area (TPSA) is 24.9 Å². The number of aromatic nitrogens is 1. The van der Waals surface area contributed by atoms with E-state index < -0.39 is 0 Å². The molecule has 0 aliphatic rings. The highest BCUT2D eigenvalue weighted by atomic mass is 32.1. The standard InChI is InChI=1S/C13H15FN2S/c1-9-13(17-8-16-9)12(15-2)7-10-5-3-4-6-11(10)14/h3-6,8,12,15H,7H2,1-2H3. The lowest BCUT2D eigenvalue weighted by Gasteiger charge is -2.15. The van der Waals surface area contributed by atoms with Crippen molar-refractivity contribution < 1.29 is 4.39 Å². The van der Waals surface area contributed by atoms with Crippen LogP contribution < -0.4 is 5.32 Å². The van der Waals surface area contributed by atoms with E-state index in [9.17, 15) is 4.39 Å². The molecule has 2 aromatic rings. The normalized spacial score (nSPS) is 12.6. The summed E-state index contributed by atoms with van der Waals surface area (Å²) in [6, 6.07) is 7.03. The smallest absolute Gasteiger partial charge is 0.126 e. The first-order valence-corrected chi connectivity index (χ1v) is 6.41. The van der Waals surface area contributed by atoms with Gasteiger partial charge in [0.2, 0.25) is 0 Å². The first kappa shape index (κ1) is 12.2. The molecule has 0 radical (unpaired) electrons. The van der Waals surface area contributed by atoms with Gasteiger partial charge in [-0.15, -0.1) is 11.3 Å². The monoisotopic (exact) mass is 250 g/mol. The van der Waals surface area contributed by atoms with Gasteiger partial charge in [-0.2, -0.15) is 0 Å². The van der Waals surface area contributed by atoms with E-state index in [0.29, 0.717) is 6.42 Å². The van der Waals surface area contributed by atoms with Gasteiger partial charge in [0, 0.05) is 10.9 Å². The van der Waals surface area contributed by atoms with Crippen LogP contribution in [-0.2, 0) is 6.42 Å². The average molecular weight is 250 g/mol. The maximum Gasteiger partial charge on any atom is 0.126 e. The van der Waals surface area contributed by atoms with Crippen molar-refractivity contribution >= 4 is 11.3 Å². The molecule has 0 fully saturated rings. The van der Waals surface area contributed by atoms with E-state index in [1.807, 2.05) is 31.6 Å². The molecular formula is C13H15FN2S. The van der Waals surface area contributed by atoms with Crippen LogP contribution in [0.2, 0.25) is 0 Å². The summed E-state index contributed by atoms with van der Waals surface area (Å²) in [5.41, 5.74) is 3.58. The molecule has 1 atom stereocenters. The van der Waals surface area contributed by atoms with Crippen LogP contribution in [0.5, 0.6) is 0 Å². The van der Waals surface area contributed by atoms with E-state index in [-0.39, 0.29) is 11.9 Å². The SMILES string of the molecule is CNC(Cc1ccccc1F)c1scnc1C. The van der Waals surface area contributed by atoms with Crippen LogP contribution in [0.3, 0.4) is 0 Å². The van der Waals surface area contributed by atoms with Gasteiger partial charge in [0.25, 0.3) is 0 Å². The fourth-order valence-electron chi connectivity index (χ4n) is 1.86. The second-order valence-corrected chi connectivity index (χ2v) is 4.83. The summed E-state index contributed by atoms with van der Waals surface area (Å²) in [5, 5.41) is 3.22. The number of aryl methyl sites for hydroxylation is 1. The molecule has 0 aliphatic carbocycles. The maximum atomic E-state index is 13.6. The average Bonchev–Trinajstić information content (AvgIpc) is 2.75. The number of benzene rings is 1. The fourth-order valence-corrected chi connectivity index (χ4v) is 2.77. The fraction of sp³-hybridized carbons (Fsp3) is 0.308. The third-order valence-corrected chi connectivity index (χ3v) is 3.87. The van der Waals surface area contributed by atoms with Crippen molar-refractivity contribution in [3.05, 3.63) is 51.7 Å². The number of thiazole rings is 1. The second-order valence-electron chi connectivity index (χ2n) is 3.94. The molecule has 1 aromatic carbocycles. The van der Waals surface area contributed by atoms with Crippen LogP contribution in [0, 0.1) is 12.7 Å². The van der Waals surface area contributed by atoms with Crippen molar-refractivity contribution in [2.24, 2.45) is 0 Å². The number of hydrogen-bond acceptors (Lipinski definition) is 3. The van der Waals surface area contributed by atoms with E-state index in [1.165, 1.54) is 10.9 Å². The quantitative estimate of drug-likeness (QED) is 0.902. The van der Waals surface area contributed by atoms with Crippen molar-refractivity contribution in [2.45, 2.75) is 19.4 Å². The molecule has 1 heterocycles. The lowest BCUT2D eigenvalue weighted by molar-refractivity contribution is 0.557. The molecule has 90 valence electrons. The Kier molecular flexibility index (Phi) is 3.86. The summed E-state index contributed by atoms with van der Waals surface area (Å²) in [4.78, 5) is 5.41. The minimum absolute atomic E-state index is 0.124. The van der Waals surface area contributed by atoms with Gasteiger partial charge in [0.05, 0.1) is 11.2 Å². The predicted molar refractivity (Wildman–Crippen MR) is 68.8 cm³/mol. The van der Waals surface area contributed by atoms with Crippen LogP contribution in [-0.4, -0.2) is 12.0 Å². The van der Waals surface area contributed by atoms with Gasteiger partial charge < -0.3 is 5.32 Å². The van der Waals surface area contributed by atoms with E-state index in [1.54, 1.807) is 17.4 Å². The Morgan fingerprint density at radius 3 is 2.76 bits per heavy atom. The summed E-state index contributed by atoms with van der Waals surface area (Å²) in [5.74, 6) is -0.144. The third kappa shape index (κ3) is 2.70.